The van der Waals surface area contributed by atoms with Gasteiger partial charge in [0.1, 0.15) is 11.5 Å². The average molecular weight is 335 g/mol. The summed E-state index contributed by atoms with van der Waals surface area (Å²) < 4.78 is 5.78. The molecule has 0 saturated heterocycles. The molecular formula is C15H11BrO4. The first-order valence-corrected chi connectivity index (χ1v) is 6.62. The Hall–Kier alpha value is -2.14. The van der Waals surface area contributed by atoms with E-state index in [1.165, 1.54) is 12.1 Å². The van der Waals surface area contributed by atoms with Crippen molar-refractivity contribution in [2.45, 2.75) is 6.42 Å². The summed E-state index contributed by atoms with van der Waals surface area (Å²) in [6, 6.07) is 9.68. The molecule has 1 N–H and O–H groups in total. The molecule has 0 radical (unpaired) electrons. The SMILES string of the molecule is O=C(/C=C/c1ccc(Br)cc1)Cc1cc(O)cc(=O)o1. The van der Waals surface area contributed by atoms with Gasteiger partial charge in [0.2, 0.25) is 0 Å². The fraction of sp³-hybridized carbons (Fsp3) is 0.0667. The van der Waals surface area contributed by atoms with Gasteiger partial charge in [-0.1, -0.05) is 34.1 Å². The Balaban J connectivity index is 2.05. The highest BCUT2D eigenvalue weighted by molar-refractivity contribution is 9.10. The molecule has 0 aliphatic rings. The van der Waals surface area contributed by atoms with Gasteiger partial charge in [0.15, 0.2) is 5.78 Å². The van der Waals surface area contributed by atoms with Crippen LogP contribution < -0.4 is 5.63 Å². The third-order valence-electron chi connectivity index (χ3n) is 2.49. The smallest absolute Gasteiger partial charge is 0.339 e. The lowest BCUT2D eigenvalue weighted by atomic mass is 10.1. The molecule has 0 aliphatic carbocycles. The van der Waals surface area contributed by atoms with Crippen molar-refractivity contribution in [2.24, 2.45) is 0 Å². The average Bonchev–Trinajstić information content (AvgIpc) is 2.37. The molecule has 0 atom stereocenters. The molecule has 4 nitrogen and oxygen atoms in total. The van der Waals surface area contributed by atoms with E-state index >= 15 is 0 Å². The van der Waals surface area contributed by atoms with Gasteiger partial charge in [-0.25, -0.2) is 4.79 Å². The third kappa shape index (κ3) is 4.20. The third-order valence-corrected chi connectivity index (χ3v) is 3.02. The maximum atomic E-state index is 11.7. The number of rotatable bonds is 4. The van der Waals surface area contributed by atoms with Gasteiger partial charge in [-0.15, -0.1) is 0 Å². The van der Waals surface area contributed by atoms with Gasteiger partial charge in [-0.05, 0) is 23.8 Å². The van der Waals surface area contributed by atoms with Crippen molar-refractivity contribution >= 4 is 27.8 Å². The molecule has 20 heavy (non-hydrogen) atoms. The summed E-state index contributed by atoms with van der Waals surface area (Å²) in [5.74, 6) is -0.289. The quantitative estimate of drug-likeness (QED) is 0.873. The molecule has 0 aliphatic heterocycles. The van der Waals surface area contributed by atoms with Crippen molar-refractivity contribution in [2.75, 3.05) is 0 Å². The van der Waals surface area contributed by atoms with Crippen molar-refractivity contribution in [3.05, 3.63) is 68.7 Å². The first-order chi connectivity index (χ1) is 9.52. The van der Waals surface area contributed by atoms with Gasteiger partial charge in [0, 0.05) is 10.5 Å². The van der Waals surface area contributed by atoms with Crippen LogP contribution in [0.4, 0.5) is 0 Å². The van der Waals surface area contributed by atoms with Crippen LogP contribution in [0.15, 0.2) is 56.2 Å². The number of benzene rings is 1. The zero-order valence-corrected chi connectivity index (χ0v) is 12.0. The number of halogens is 1. The summed E-state index contributed by atoms with van der Waals surface area (Å²) in [4.78, 5) is 22.8. The number of hydrogen-bond acceptors (Lipinski definition) is 4. The first-order valence-electron chi connectivity index (χ1n) is 5.82. The highest BCUT2D eigenvalue weighted by Gasteiger charge is 2.05. The van der Waals surface area contributed by atoms with Crippen molar-refractivity contribution < 1.29 is 14.3 Å². The van der Waals surface area contributed by atoms with Crippen molar-refractivity contribution in [1.29, 1.82) is 0 Å². The molecule has 0 fully saturated rings. The van der Waals surface area contributed by atoms with Gasteiger partial charge in [-0.3, -0.25) is 4.79 Å². The Labute approximate surface area is 123 Å². The first kappa shape index (κ1) is 14.3. The van der Waals surface area contributed by atoms with E-state index in [9.17, 15) is 14.7 Å². The van der Waals surface area contributed by atoms with E-state index in [4.69, 9.17) is 4.42 Å². The van der Waals surface area contributed by atoms with Crippen molar-refractivity contribution in [1.82, 2.24) is 0 Å². The van der Waals surface area contributed by atoms with E-state index in [0.717, 1.165) is 16.1 Å². The second kappa shape index (κ2) is 6.34. The fourth-order valence-corrected chi connectivity index (χ4v) is 1.86. The van der Waals surface area contributed by atoms with Crippen LogP contribution in [-0.2, 0) is 11.2 Å². The van der Waals surface area contributed by atoms with Gasteiger partial charge in [0.05, 0.1) is 12.5 Å². The van der Waals surface area contributed by atoms with Crippen LogP contribution >= 0.6 is 15.9 Å². The topological polar surface area (TPSA) is 67.5 Å². The molecule has 0 unspecified atom stereocenters. The molecule has 0 amide bonds. The molecule has 1 aromatic heterocycles. The highest BCUT2D eigenvalue weighted by Crippen LogP contribution is 2.12. The molecule has 0 bridgehead atoms. The van der Waals surface area contributed by atoms with E-state index in [2.05, 4.69) is 15.9 Å². The van der Waals surface area contributed by atoms with E-state index in [1.807, 2.05) is 24.3 Å². The Kier molecular flexibility index (Phi) is 4.53. The second-order valence-corrected chi connectivity index (χ2v) is 5.04. The standard InChI is InChI=1S/C15H11BrO4/c16-11-4-1-10(2-5-11)3-6-12(17)7-14-8-13(18)9-15(19)20-14/h1-6,8-9,18H,7H2/b6-3+. The molecule has 2 rings (SSSR count). The molecule has 1 heterocycles. The van der Waals surface area contributed by atoms with Gasteiger partial charge in [0.25, 0.3) is 0 Å². The maximum absolute atomic E-state index is 11.7. The molecular weight excluding hydrogens is 324 g/mol. The number of hydrogen-bond donors (Lipinski definition) is 1. The number of carbonyl (C=O) groups excluding carboxylic acids is 1. The van der Waals surface area contributed by atoms with Crippen LogP contribution in [0, 0.1) is 0 Å². The predicted octanol–water partition coefficient (Wildman–Crippen LogP) is 2.93. The van der Waals surface area contributed by atoms with Crippen molar-refractivity contribution in [3.8, 4) is 5.75 Å². The summed E-state index contributed by atoms with van der Waals surface area (Å²) in [5.41, 5.74) is 0.212. The minimum Gasteiger partial charge on any atom is -0.508 e. The largest absolute Gasteiger partial charge is 0.508 e. The zero-order valence-electron chi connectivity index (χ0n) is 10.4. The minimum atomic E-state index is -0.676. The Morgan fingerprint density at radius 1 is 1.25 bits per heavy atom. The van der Waals surface area contributed by atoms with Gasteiger partial charge < -0.3 is 9.52 Å². The molecule has 0 spiro atoms. The van der Waals surface area contributed by atoms with Crippen LogP contribution in [0.3, 0.4) is 0 Å². The summed E-state index contributed by atoms with van der Waals surface area (Å²) in [6.07, 6.45) is 3.01. The Bertz CT molecular complexity index is 699. The number of aromatic hydroxyl groups is 1. The molecule has 5 heteroatoms. The predicted molar refractivity (Wildman–Crippen MR) is 78.5 cm³/mol. The van der Waals surface area contributed by atoms with Gasteiger partial charge in [-0.2, -0.15) is 0 Å². The van der Waals surface area contributed by atoms with Crippen molar-refractivity contribution in [3.63, 3.8) is 0 Å². The normalized spacial score (nSPS) is 10.8. The van der Waals surface area contributed by atoms with Crippen LogP contribution in [0.2, 0.25) is 0 Å². The lowest BCUT2D eigenvalue weighted by Gasteiger charge is -1.97. The van der Waals surface area contributed by atoms with Crippen LogP contribution in [-0.4, -0.2) is 10.9 Å². The van der Waals surface area contributed by atoms with Crippen LogP contribution in [0.25, 0.3) is 6.08 Å². The van der Waals surface area contributed by atoms with Crippen LogP contribution in [0.1, 0.15) is 11.3 Å². The van der Waals surface area contributed by atoms with Crippen LogP contribution in [0.5, 0.6) is 5.75 Å². The maximum Gasteiger partial charge on any atom is 0.339 e. The lowest BCUT2D eigenvalue weighted by Crippen LogP contribution is -2.03. The fourth-order valence-electron chi connectivity index (χ4n) is 1.60. The van der Waals surface area contributed by atoms with E-state index in [0.29, 0.717) is 0 Å². The molecule has 1 aromatic carbocycles. The summed E-state index contributed by atoms with van der Waals surface area (Å²) in [5, 5.41) is 9.25. The molecule has 102 valence electrons. The number of allylic oxidation sites excluding steroid dienone is 1. The summed E-state index contributed by atoms with van der Waals surface area (Å²) >= 11 is 3.33. The van der Waals surface area contributed by atoms with E-state index < -0.39 is 5.63 Å². The summed E-state index contributed by atoms with van der Waals surface area (Å²) in [6.45, 7) is 0. The Morgan fingerprint density at radius 2 is 1.95 bits per heavy atom. The summed E-state index contributed by atoms with van der Waals surface area (Å²) in [7, 11) is 0. The number of ketones is 1. The number of carbonyl (C=O) groups is 1. The Morgan fingerprint density at radius 3 is 2.60 bits per heavy atom. The van der Waals surface area contributed by atoms with E-state index in [1.54, 1.807) is 6.08 Å². The highest BCUT2D eigenvalue weighted by atomic mass is 79.9. The minimum absolute atomic E-state index is 0.0727. The molecule has 2 aromatic rings. The monoisotopic (exact) mass is 334 g/mol. The molecule has 0 saturated carbocycles. The lowest BCUT2D eigenvalue weighted by molar-refractivity contribution is -0.114. The zero-order chi connectivity index (χ0) is 14.5. The van der Waals surface area contributed by atoms with E-state index in [-0.39, 0.29) is 23.7 Å². The second-order valence-electron chi connectivity index (χ2n) is 4.13. The van der Waals surface area contributed by atoms with Gasteiger partial charge >= 0.3 is 5.63 Å².